The zero-order chi connectivity index (χ0) is 18.1. The van der Waals surface area contributed by atoms with Crippen molar-refractivity contribution in [3.8, 4) is 6.07 Å². The van der Waals surface area contributed by atoms with Crippen molar-refractivity contribution in [3.63, 3.8) is 0 Å². The Morgan fingerprint density at radius 3 is 2.62 bits per heavy atom. The normalized spacial score (nSPS) is 10.9. The van der Waals surface area contributed by atoms with Crippen LogP contribution in [0.15, 0.2) is 53.3 Å². The van der Waals surface area contributed by atoms with Crippen molar-refractivity contribution >= 4 is 22.4 Å². The minimum atomic E-state index is -0.0606. The lowest BCUT2D eigenvalue weighted by Gasteiger charge is -2.10. The van der Waals surface area contributed by atoms with E-state index in [1.54, 1.807) is 16.7 Å². The molecule has 0 fully saturated rings. The number of hydrogen-bond donors (Lipinski definition) is 1. The maximum Gasteiger partial charge on any atom is 0.262 e. The summed E-state index contributed by atoms with van der Waals surface area (Å²) in [5.74, 6) is 1.25. The van der Waals surface area contributed by atoms with E-state index in [9.17, 15) is 4.79 Å². The summed E-state index contributed by atoms with van der Waals surface area (Å²) in [7, 11) is 0. The van der Waals surface area contributed by atoms with Gasteiger partial charge in [0.05, 0.1) is 29.1 Å². The van der Waals surface area contributed by atoms with Gasteiger partial charge >= 0.3 is 0 Å². The molecule has 0 aliphatic heterocycles. The van der Waals surface area contributed by atoms with Crippen LogP contribution in [0.25, 0.3) is 16.7 Å². The quantitative estimate of drug-likeness (QED) is 0.615. The summed E-state index contributed by atoms with van der Waals surface area (Å²) in [6.45, 7) is 2.88. The lowest BCUT2D eigenvalue weighted by molar-refractivity contribution is 0.734. The number of nitriles is 1. The lowest BCUT2D eigenvalue weighted by Crippen LogP contribution is -2.22. The minimum absolute atomic E-state index is 0.0606. The van der Waals surface area contributed by atoms with Gasteiger partial charge in [0, 0.05) is 12.2 Å². The fourth-order valence-electron chi connectivity index (χ4n) is 3.06. The third-order valence-electron chi connectivity index (χ3n) is 4.36. The zero-order valence-corrected chi connectivity index (χ0v) is 14.2. The maximum atomic E-state index is 12.7. The number of rotatable bonds is 4. The Kier molecular flexibility index (Phi) is 3.86. The monoisotopic (exact) mass is 344 g/mol. The zero-order valence-electron chi connectivity index (χ0n) is 14.2. The van der Waals surface area contributed by atoms with Gasteiger partial charge in [-0.3, -0.25) is 13.8 Å². The second kappa shape index (κ2) is 6.33. The SMILES string of the molecule is CCn1c(=O)c2ccccc2n2c(CNc3ccc(C#N)cc3)nnc12. The maximum absolute atomic E-state index is 12.7. The summed E-state index contributed by atoms with van der Waals surface area (Å²) in [5.41, 5.74) is 2.23. The average molecular weight is 344 g/mol. The fourth-order valence-corrected chi connectivity index (χ4v) is 3.06. The summed E-state index contributed by atoms with van der Waals surface area (Å²) in [5, 5.41) is 21.3. The molecule has 0 radical (unpaired) electrons. The molecule has 4 rings (SSSR count). The summed E-state index contributed by atoms with van der Waals surface area (Å²) in [4.78, 5) is 12.7. The molecule has 0 aliphatic rings. The number of nitrogens with zero attached hydrogens (tertiary/aromatic N) is 5. The van der Waals surface area contributed by atoms with E-state index in [0.717, 1.165) is 11.2 Å². The van der Waals surface area contributed by atoms with Crippen LogP contribution in [0, 0.1) is 11.3 Å². The van der Waals surface area contributed by atoms with Crippen molar-refractivity contribution < 1.29 is 0 Å². The molecule has 0 spiro atoms. The molecule has 2 aromatic carbocycles. The van der Waals surface area contributed by atoms with Gasteiger partial charge in [-0.15, -0.1) is 10.2 Å². The molecule has 0 aliphatic carbocycles. The van der Waals surface area contributed by atoms with Gasteiger partial charge in [-0.1, -0.05) is 12.1 Å². The molecule has 7 nitrogen and oxygen atoms in total. The van der Waals surface area contributed by atoms with Crippen molar-refractivity contribution in [3.05, 3.63) is 70.3 Å². The van der Waals surface area contributed by atoms with Gasteiger partial charge in [-0.25, -0.2) is 0 Å². The molecule has 0 unspecified atom stereocenters. The topological polar surface area (TPSA) is 88.0 Å². The third-order valence-corrected chi connectivity index (χ3v) is 4.36. The molecule has 0 amide bonds. The van der Waals surface area contributed by atoms with Gasteiger partial charge in [-0.05, 0) is 43.3 Å². The molecular formula is C19H16N6O. The van der Waals surface area contributed by atoms with Gasteiger partial charge in [0.1, 0.15) is 0 Å². The van der Waals surface area contributed by atoms with Gasteiger partial charge in [0.15, 0.2) is 5.82 Å². The second-order valence-electron chi connectivity index (χ2n) is 5.86. The predicted molar refractivity (Wildman–Crippen MR) is 98.9 cm³/mol. The van der Waals surface area contributed by atoms with Crippen molar-refractivity contribution in [2.75, 3.05) is 5.32 Å². The first-order valence-electron chi connectivity index (χ1n) is 8.32. The van der Waals surface area contributed by atoms with E-state index in [2.05, 4.69) is 21.6 Å². The molecule has 0 atom stereocenters. The molecule has 128 valence electrons. The van der Waals surface area contributed by atoms with Crippen molar-refractivity contribution in [2.24, 2.45) is 0 Å². The molecule has 4 aromatic rings. The van der Waals surface area contributed by atoms with Crippen LogP contribution in [-0.4, -0.2) is 19.2 Å². The Bertz CT molecular complexity index is 1200. The van der Waals surface area contributed by atoms with Gasteiger partial charge in [0.25, 0.3) is 5.56 Å². The second-order valence-corrected chi connectivity index (χ2v) is 5.86. The highest BCUT2D eigenvalue weighted by atomic mass is 16.1. The highest BCUT2D eigenvalue weighted by molar-refractivity contribution is 5.80. The van der Waals surface area contributed by atoms with Gasteiger partial charge in [0.2, 0.25) is 5.78 Å². The van der Waals surface area contributed by atoms with Gasteiger partial charge < -0.3 is 5.32 Å². The Balaban J connectivity index is 1.79. The third kappa shape index (κ3) is 2.48. The number of para-hydroxylation sites is 1. The van der Waals surface area contributed by atoms with Crippen LogP contribution in [0.2, 0.25) is 0 Å². The van der Waals surface area contributed by atoms with E-state index in [1.807, 2.05) is 47.7 Å². The lowest BCUT2D eigenvalue weighted by atomic mass is 10.2. The molecule has 2 heterocycles. The number of aromatic nitrogens is 4. The Morgan fingerprint density at radius 2 is 1.88 bits per heavy atom. The van der Waals surface area contributed by atoms with Crippen LogP contribution in [0.3, 0.4) is 0 Å². The Labute approximate surface area is 149 Å². The van der Waals surface area contributed by atoms with Crippen LogP contribution in [0.5, 0.6) is 0 Å². The van der Waals surface area contributed by atoms with E-state index in [4.69, 9.17) is 5.26 Å². The Hall–Kier alpha value is -3.66. The minimum Gasteiger partial charge on any atom is -0.378 e. The number of aryl methyl sites for hydroxylation is 1. The highest BCUT2D eigenvalue weighted by Crippen LogP contribution is 2.16. The smallest absolute Gasteiger partial charge is 0.262 e. The fraction of sp³-hybridized carbons (Fsp3) is 0.158. The van der Waals surface area contributed by atoms with Crippen molar-refractivity contribution in [1.29, 1.82) is 5.26 Å². The van der Waals surface area contributed by atoms with Crippen LogP contribution in [-0.2, 0) is 13.1 Å². The van der Waals surface area contributed by atoms with E-state index in [-0.39, 0.29) is 5.56 Å². The summed E-state index contributed by atoms with van der Waals surface area (Å²) < 4.78 is 3.54. The molecule has 0 saturated heterocycles. The van der Waals surface area contributed by atoms with Crippen LogP contribution >= 0.6 is 0 Å². The van der Waals surface area contributed by atoms with Crippen LogP contribution in [0.4, 0.5) is 5.69 Å². The molecule has 1 N–H and O–H groups in total. The molecular weight excluding hydrogens is 328 g/mol. The predicted octanol–water partition coefficient (Wildman–Crippen LogP) is 2.55. The summed E-state index contributed by atoms with van der Waals surface area (Å²) >= 11 is 0. The number of anilines is 1. The Morgan fingerprint density at radius 1 is 1.12 bits per heavy atom. The molecule has 0 saturated carbocycles. The number of nitrogens with one attached hydrogen (secondary N) is 1. The molecule has 7 heteroatoms. The number of hydrogen-bond acceptors (Lipinski definition) is 5. The van der Waals surface area contributed by atoms with E-state index in [1.165, 1.54) is 0 Å². The molecule has 26 heavy (non-hydrogen) atoms. The largest absolute Gasteiger partial charge is 0.378 e. The highest BCUT2D eigenvalue weighted by Gasteiger charge is 2.15. The molecule has 0 bridgehead atoms. The number of benzene rings is 2. The van der Waals surface area contributed by atoms with Gasteiger partial charge in [-0.2, -0.15) is 5.26 Å². The van der Waals surface area contributed by atoms with E-state index in [0.29, 0.717) is 35.6 Å². The average Bonchev–Trinajstić information content (AvgIpc) is 3.11. The van der Waals surface area contributed by atoms with Crippen molar-refractivity contribution in [2.45, 2.75) is 20.0 Å². The molecule has 2 aromatic heterocycles. The van der Waals surface area contributed by atoms with Crippen LogP contribution in [0.1, 0.15) is 18.3 Å². The number of fused-ring (bicyclic) bond motifs is 3. The van der Waals surface area contributed by atoms with E-state index >= 15 is 0 Å². The summed E-state index contributed by atoms with van der Waals surface area (Å²) in [6, 6.07) is 16.8. The van der Waals surface area contributed by atoms with E-state index < -0.39 is 0 Å². The first kappa shape index (κ1) is 15.8. The standard InChI is InChI=1S/C19H16N6O/c1-2-24-18(26)15-5-3-4-6-16(15)25-17(22-23-19(24)25)12-21-14-9-7-13(11-20)8-10-14/h3-10,21H,2,12H2,1H3. The first-order valence-corrected chi connectivity index (χ1v) is 8.32. The van der Waals surface area contributed by atoms with Crippen molar-refractivity contribution in [1.82, 2.24) is 19.2 Å². The summed E-state index contributed by atoms with van der Waals surface area (Å²) in [6.07, 6.45) is 0. The van der Waals surface area contributed by atoms with Crippen LogP contribution < -0.4 is 10.9 Å². The first-order chi connectivity index (χ1) is 12.7.